The van der Waals surface area contributed by atoms with E-state index in [1.165, 1.54) is 6.07 Å². The van der Waals surface area contributed by atoms with E-state index in [2.05, 4.69) is 37.2 Å². The Morgan fingerprint density at radius 3 is 2.68 bits per heavy atom. The molecule has 1 aromatic heterocycles. The Labute approximate surface area is 158 Å². The highest BCUT2D eigenvalue weighted by Crippen LogP contribution is 2.34. The van der Waals surface area contributed by atoms with Gasteiger partial charge in [-0.2, -0.15) is 0 Å². The fraction of sp³-hybridized carbons (Fsp3) is 0.0588. The van der Waals surface area contributed by atoms with E-state index >= 15 is 0 Å². The third kappa shape index (κ3) is 3.03. The summed E-state index contributed by atoms with van der Waals surface area (Å²) in [5.74, 6) is 0.583. The molecule has 0 atom stereocenters. The number of hydrogen-bond donors (Lipinski definition) is 1. The summed E-state index contributed by atoms with van der Waals surface area (Å²) < 4.78 is 17.2. The van der Waals surface area contributed by atoms with Crippen molar-refractivity contribution in [3.63, 3.8) is 0 Å². The largest absolute Gasteiger partial charge is 0.454 e. The smallest absolute Gasteiger partial charge is 0.349 e. The molecule has 0 aliphatic carbocycles. The van der Waals surface area contributed by atoms with Crippen molar-refractivity contribution in [3.05, 3.63) is 61.3 Å². The van der Waals surface area contributed by atoms with Crippen LogP contribution in [0.1, 0.15) is 10.4 Å². The highest BCUT2D eigenvalue weighted by molar-refractivity contribution is 9.11. The van der Waals surface area contributed by atoms with E-state index in [0.717, 1.165) is 4.47 Å². The lowest BCUT2D eigenvalue weighted by Gasteiger charge is -2.07. The summed E-state index contributed by atoms with van der Waals surface area (Å²) in [6.07, 6.45) is 0. The molecule has 0 spiro atoms. The van der Waals surface area contributed by atoms with Crippen LogP contribution in [0.15, 0.2) is 54.6 Å². The predicted molar refractivity (Wildman–Crippen MR) is 98.4 cm³/mol. The number of benzene rings is 2. The molecule has 0 saturated heterocycles. The Bertz CT molecular complexity index is 1080. The maximum atomic E-state index is 12.5. The monoisotopic (exact) mass is 465 g/mol. The Kier molecular flexibility index (Phi) is 4.01. The van der Waals surface area contributed by atoms with E-state index in [1.807, 2.05) is 0 Å². The Morgan fingerprint density at radius 1 is 1.04 bits per heavy atom. The SMILES string of the molecule is O=C(Nc1ccc2c(c1)OCO2)c1cc2cc(Br)cc(Br)c2oc1=O. The predicted octanol–water partition coefficient (Wildman–Crippen LogP) is 4.30. The molecule has 1 aliphatic rings. The molecule has 2 heterocycles. The average Bonchev–Trinajstić information content (AvgIpc) is 3.02. The van der Waals surface area contributed by atoms with Gasteiger partial charge in [0.1, 0.15) is 5.56 Å². The van der Waals surface area contributed by atoms with Gasteiger partial charge in [0.05, 0.1) is 4.47 Å². The van der Waals surface area contributed by atoms with Gasteiger partial charge in [-0.15, -0.1) is 0 Å². The van der Waals surface area contributed by atoms with Crippen molar-refractivity contribution in [1.29, 1.82) is 0 Å². The van der Waals surface area contributed by atoms with Gasteiger partial charge in [0.2, 0.25) is 6.79 Å². The molecule has 0 unspecified atom stereocenters. The molecule has 25 heavy (non-hydrogen) atoms. The first-order valence-electron chi connectivity index (χ1n) is 7.15. The third-order valence-electron chi connectivity index (χ3n) is 3.63. The van der Waals surface area contributed by atoms with Crippen LogP contribution in [0.25, 0.3) is 11.0 Å². The lowest BCUT2D eigenvalue weighted by Crippen LogP contribution is -2.20. The van der Waals surface area contributed by atoms with Gasteiger partial charge in [-0.25, -0.2) is 4.79 Å². The molecule has 1 aliphatic heterocycles. The summed E-state index contributed by atoms with van der Waals surface area (Å²) in [7, 11) is 0. The molecule has 0 bridgehead atoms. The van der Waals surface area contributed by atoms with Gasteiger partial charge in [-0.1, -0.05) is 15.9 Å². The van der Waals surface area contributed by atoms with Gasteiger partial charge in [-0.05, 0) is 46.3 Å². The van der Waals surface area contributed by atoms with Crippen LogP contribution in [0.4, 0.5) is 5.69 Å². The quantitative estimate of drug-likeness (QED) is 0.569. The minimum Gasteiger partial charge on any atom is -0.454 e. The Morgan fingerprint density at radius 2 is 1.84 bits per heavy atom. The first-order valence-corrected chi connectivity index (χ1v) is 8.74. The van der Waals surface area contributed by atoms with E-state index in [0.29, 0.717) is 32.6 Å². The van der Waals surface area contributed by atoms with Crippen LogP contribution >= 0.6 is 31.9 Å². The zero-order valence-electron chi connectivity index (χ0n) is 12.5. The van der Waals surface area contributed by atoms with Crippen LogP contribution in [0, 0.1) is 0 Å². The van der Waals surface area contributed by atoms with E-state index < -0.39 is 11.5 Å². The minimum absolute atomic E-state index is 0.0878. The summed E-state index contributed by atoms with van der Waals surface area (Å²) in [4.78, 5) is 24.7. The number of nitrogens with one attached hydrogen (secondary N) is 1. The fourth-order valence-corrected chi connectivity index (χ4v) is 3.83. The number of halogens is 2. The van der Waals surface area contributed by atoms with E-state index in [1.54, 1.807) is 30.3 Å². The molecule has 0 fully saturated rings. The maximum Gasteiger partial charge on any atom is 0.349 e. The van der Waals surface area contributed by atoms with Crippen molar-refractivity contribution in [2.45, 2.75) is 0 Å². The second-order valence-electron chi connectivity index (χ2n) is 5.28. The van der Waals surface area contributed by atoms with E-state index in [9.17, 15) is 9.59 Å². The van der Waals surface area contributed by atoms with Gasteiger partial charge in [0, 0.05) is 21.6 Å². The molecule has 1 N–H and O–H groups in total. The highest BCUT2D eigenvalue weighted by Gasteiger charge is 2.18. The topological polar surface area (TPSA) is 77.8 Å². The van der Waals surface area contributed by atoms with Crippen molar-refractivity contribution in [2.24, 2.45) is 0 Å². The van der Waals surface area contributed by atoms with E-state index in [-0.39, 0.29) is 12.4 Å². The van der Waals surface area contributed by atoms with Crippen molar-refractivity contribution in [3.8, 4) is 11.5 Å². The number of hydrogen-bond acceptors (Lipinski definition) is 5. The first kappa shape index (κ1) is 16.2. The molecule has 0 radical (unpaired) electrons. The summed E-state index contributed by atoms with van der Waals surface area (Å²) in [6.45, 7) is 0.144. The molecule has 2 aromatic carbocycles. The number of carbonyl (C=O) groups is 1. The zero-order valence-corrected chi connectivity index (χ0v) is 15.6. The number of ether oxygens (including phenoxy) is 2. The van der Waals surface area contributed by atoms with Crippen LogP contribution in [0.3, 0.4) is 0 Å². The second-order valence-corrected chi connectivity index (χ2v) is 7.05. The number of fused-ring (bicyclic) bond motifs is 2. The first-order chi connectivity index (χ1) is 12.0. The van der Waals surface area contributed by atoms with Gasteiger partial charge >= 0.3 is 5.63 Å². The summed E-state index contributed by atoms with van der Waals surface area (Å²) in [5.41, 5.74) is 0.0703. The Hall–Kier alpha value is -2.32. The maximum absolute atomic E-state index is 12.5. The van der Waals surface area contributed by atoms with Crippen molar-refractivity contribution in [1.82, 2.24) is 0 Å². The number of anilines is 1. The van der Waals surface area contributed by atoms with Crippen LogP contribution in [-0.2, 0) is 0 Å². The molecular weight excluding hydrogens is 458 g/mol. The zero-order chi connectivity index (χ0) is 17.6. The lowest BCUT2D eigenvalue weighted by atomic mass is 10.1. The van der Waals surface area contributed by atoms with Gasteiger partial charge < -0.3 is 19.2 Å². The highest BCUT2D eigenvalue weighted by atomic mass is 79.9. The molecule has 1 amide bonds. The van der Waals surface area contributed by atoms with Gasteiger partial charge in [0.15, 0.2) is 17.1 Å². The normalized spacial score (nSPS) is 12.4. The van der Waals surface area contributed by atoms with Crippen molar-refractivity contribution >= 4 is 54.4 Å². The average molecular weight is 467 g/mol. The van der Waals surface area contributed by atoms with Gasteiger partial charge in [0.25, 0.3) is 5.91 Å². The van der Waals surface area contributed by atoms with Crippen LogP contribution < -0.4 is 20.4 Å². The van der Waals surface area contributed by atoms with Crippen LogP contribution in [-0.4, -0.2) is 12.7 Å². The molecule has 6 nitrogen and oxygen atoms in total. The fourth-order valence-electron chi connectivity index (χ4n) is 2.49. The van der Waals surface area contributed by atoms with Gasteiger partial charge in [-0.3, -0.25) is 4.79 Å². The molecule has 4 rings (SSSR count). The minimum atomic E-state index is -0.714. The van der Waals surface area contributed by atoms with Crippen LogP contribution in [0.5, 0.6) is 11.5 Å². The molecule has 126 valence electrons. The Balaban J connectivity index is 1.70. The standard InChI is InChI=1S/C17H9Br2NO5/c18-9-3-8-4-11(17(22)25-15(8)12(19)5-9)16(21)20-10-1-2-13-14(6-10)24-7-23-13/h1-6H,7H2,(H,20,21). The van der Waals surface area contributed by atoms with Crippen molar-refractivity contribution < 1.29 is 18.7 Å². The molecule has 0 saturated carbocycles. The summed E-state index contributed by atoms with van der Waals surface area (Å²) >= 11 is 6.71. The number of carbonyl (C=O) groups excluding carboxylic acids is 1. The summed E-state index contributed by atoms with van der Waals surface area (Å²) in [5, 5.41) is 3.29. The second kappa shape index (κ2) is 6.20. The van der Waals surface area contributed by atoms with E-state index in [4.69, 9.17) is 13.9 Å². The summed E-state index contributed by atoms with van der Waals surface area (Å²) in [6, 6.07) is 10.0. The van der Waals surface area contributed by atoms with Crippen molar-refractivity contribution in [2.75, 3.05) is 12.1 Å². The third-order valence-corrected chi connectivity index (χ3v) is 4.67. The van der Waals surface area contributed by atoms with Crippen LogP contribution in [0.2, 0.25) is 0 Å². The number of rotatable bonds is 2. The molecule has 8 heteroatoms. The molecular formula is C17H9Br2NO5. The number of amides is 1. The lowest BCUT2D eigenvalue weighted by molar-refractivity contribution is 0.102. The molecule has 3 aromatic rings.